The third kappa shape index (κ3) is 2.24. The molecule has 0 aliphatic carbocycles. The van der Waals surface area contributed by atoms with Crippen molar-refractivity contribution in [1.82, 2.24) is 0 Å². The van der Waals surface area contributed by atoms with Crippen molar-refractivity contribution in [2.24, 2.45) is 0 Å². The SMILES string of the molecule is CCS(=O)CC(=O)c1ccc2c(c1)OCO2. The first-order valence-electron chi connectivity index (χ1n) is 4.98. The van der Waals surface area contributed by atoms with Crippen LogP contribution in [0.3, 0.4) is 0 Å². The summed E-state index contributed by atoms with van der Waals surface area (Å²) in [5.74, 6) is 1.66. The van der Waals surface area contributed by atoms with Crippen LogP contribution in [-0.4, -0.2) is 28.3 Å². The van der Waals surface area contributed by atoms with Crippen LogP contribution in [0.15, 0.2) is 18.2 Å². The Kier molecular flexibility index (Phi) is 3.24. The number of rotatable bonds is 4. The lowest BCUT2D eigenvalue weighted by molar-refractivity contribution is 0.102. The Morgan fingerprint density at radius 1 is 1.38 bits per heavy atom. The van der Waals surface area contributed by atoms with E-state index in [0.29, 0.717) is 22.8 Å². The number of benzene rings is 1. The highest BCUT2D eigenvalue weighted by Crippen LogP contribution is 2.32. The van der Waals surface area contributed by atoms with Crippen molar-refractivity contribution in [3.05, 3.63) is 23.8 Å². The summed E-state index contributed by atoms with van der Waals surface area (Å²) in [5.41, 5.74) is 0.519. The summed E-state index contributed by atoms with van der Waals surface area (Å²) in [6.45, 7) is 1.98. The maximum Gasteiger partial charge on any atom is 0.231 e. The second kappa shape index (κ2) is 4.65. The molecule has 1 aromatic rings. The summed E-state index contributed by atoms with van der Waals surface area (Å²) in [6, 6.07) is 5.00. The number of ketones is 1. The Hall–Kier alpha value is -1.36. The first-order chi connectivity index (χ1) is 7.70. The zero-order valence-electron chi connectivity index (χ0n) is 8.89. The van der Waals surface area contributed by atoms with Gasteiger partial charge in [0, 0.05) is 22.1 Å². The van der Waals surface area contributed by atoms with Gasteiger partial charge in [0.25, 0.3) is 0 Å². The van der Waals surface area contributed by atoms with E-state index in [1.54, 1.807) is 25.1 Å². The molecule has 0 bridgehead atoms. The van der Waals surface area contributed by atoms with Crippen molar-refractivity contribution in [3.63, 3.8) is 0 Å². The van der Waals surface area contributed by atoms with Gasteiger partial charge in [-0.2, -0.15) is 0 Å². The lowest BCUT2D eigenvalue weighted by atomic mass is 10.1. The van der Waals surface area contributed by atoms with E-state index in [1.165, 1.54) is 0 Å². The highest BCUT2D eigenvalue weighted by molar-refractivity contribution is 7.85. The predicted molar refractivity (Wildman–Crippen MR) is 60.4 cm³/mol. The predicted octanol–water partition coefficient (Wildman–Crippen LogP) is 1.37. The topological polar surface area (TPSA) is 52.6 Å². The monoisotopic (exact) mass is 240 g/mol. The Balaban J connectivity index is 2.15. The third-order valence-corrected chi connectivity index (χ3v) is 3.54. The van der Waals surface area contributed by atoms with Gasteiger partial charge < -0.3 is 9.47 Å². The van der Waals surface area contributed by atoms with Crippen molar-refractivity contribution in [3.8, 4) is 11.5 Å². The van der Waals surface area contributed by atoms with E-state index >= 15 is 0 Å². The van der Waals surface area contributed by atoms with E-state index in [0.717, 1.165) is 0 Å². The first-order valence-corrected chi connectivity index (χ1v) is 6.47. The Bertz CT molecular complexity index is 442. The number of carbonyl (C=O) groups is 1. The summed E-state index contributed by atoms with van der Waals surface area (Å²) >= 11 is 0. The van der Waals surface area contributed by atoms with Gasteiger partial charge in [-0.3, -0.25) is 9.00 Å². The molecule has 1 aliphatic heterocycles. The minimum absolute atomic E-state index is 0.0656. The third-order valence-electron chi connectivity index (χ3n) is 2.31. The van der Waals surface area contributed by atoms with Crippen LogP contribution in [0.1, 0.15) is 17.3 Å². The molecule has 0 spiro atoms. The molecule has 2 rings (SSSR count). The number of fused-ring (bicyclic) bond motifs is 1. The minimum atomic E-state index is -1.08. The van der Waals surface area contributed by atoms with E-state index in [2.05, 4.69) is 0 Å². The average Bonchev–Trinajstić information content (AvgIpc) is 2.75. The zero-order chi connectivity index (χ0) is 11.5. The normalized spacial score (nSPS) is 14.8. The highest BCUT2D eigenvalue weighted by Gasteiger charge is 2.16. The summed E-state index contributed by atoms with van der Waals surface area (Å²) in [7, 11) is -1.08. The van der Waals surface area contributed by atoms with Gasteiger partial charge in [0.1, 0.15) is 0 Å². The van der Waals surface area contributed by atoms with E-state index < -0.39 is 10.8 Å². The smallest absolute Gasteiger partial charge is 0.231 e. The maximum absolute atomic E-state index is 11.7. The molecule has 5 heteroatoms. The van der Waals surface area contributed by atoms with Gasteiger partial charge in [0.05, 0.1) is 5.75 Å². The van der Waals surface area contributed by atoms with Crippen LogP contribution in [0.5, 0.6) is 11.5 Å². The van der Waals surface area contributed by atoms with Crippen LogP contribution < -0.4 is 9.47 Å². The van der Waals surface area contributed by atoms with Gasteiger partial charge in [-0.1, -0.05) is 6.92 Å². The molecule has 0 saturated heterocycles. The molecule has 1 atom stereocenters. The standard InChI is InChI=1S/C11H12O4S/c1-2-16(13)6-9(12)8-3-4-10-11(5-8)15-7-14-10/h3-5H,2,6-7H2,1H3. The van der Waals surface area contributed by atoms with Crippen LogP contribution in [0, 0.1) is 0 Å². The van der Waals surface area contributed by atoms with Gasteiger partial charge in [0.15, 0.2) is 17.3 Å². The first kappa shape index (κ1) is 11.1. The van der Waals surface area contributed by atoms with Crippen molar-refractivity contribution < 1.29 is 18.5 Å². The molecule has 1 heterocycles. The molecular formula is C11H12O4S. The summed E-state index contributed by atoms with van der Waals surface area (Å²) < 4.78 is 21.6. The fraction of sp³-hybridized carbons (Fsp3) is 0.364. The van der Waals surface area contributed by atoms with Gasteiger partial charge in [-0.05, 0) is 18.2 Å². The Morgan fingerprint density at radius 2 is 2.12 bits per heavy atom. The van der Waals surface area contributed by atoms with Crippen molar-refractivity contribution in [1.29, 1.82) is 0 Å². The second-order valence-electron chi connectivity index (χ2n) is 3.36. The van der Waals surface area contributed by atoms with Crippen molar-refractivity contribution in [2.45, 2.75) is 6.92 Å². The molecule has 1 aliphatic rings. The van der Waals surface area contributed by atoms with Crippen LogP contribution in [0.25, 0.3) is 0 Å². The van der Waals surface area contributed by atoms with Crippen LogP contribution >= 0.6 is 0 Å². The molecule has 16 heavy (non-hydrogen) atoms. The molecule has 0 amide bonds. The molecule has 1 aromatic carbocycles. The van der Waals surface area contributed by atoms with E-state index in [4.69, 9.17) is 9.47 Å². The lowest BCUT2D eigenvalue weighted by Gasteiger charge is -2.01. The molecule has 0 radical (unpaired) electrons. The molecule has 86 valence electrons. The molecule has 0 fully saturated rings. The Labute approximate surface area is 96.0 Å². The number of Topliss-reactive ketones (excluding diaryl/α,β-unsaturated/α-hetero) is 1. The second-order valence-corrected chi connectivity index (χ2v) is 5.11. The molecule has 0 N–H and O–H groups in total. The minimum Gasteiger partial charge on any atom is -0.454 e. The highest BCUT2D eigenvalue weighted by atomic mass is 32.2. The van der Waals surface area contributed by atoms with Crippen molar-refractivity contribution in [2.75, 3.05) is 18.3 Å². The van der Waals surface area contributed by atoms with Gasteiger partial charge in [0.2, 0.25) is 6.79 Å². The maximum atomic E-state index is 11.7. The quantitative estimate of drug-likeness (QED) is 0.746. The largest absolute Gasteiger partial charge is 0.454 e. The van der Waals surface area contributed by atoms with Crippen LogP contribution in [-0.2, 0) is 10.8 Å². The van der Waals surface area contributed by atoms with Crippen molar-refractivity contribution >= 4 is 16.6 Å². The Morgan fingerprint density at radius 3 is 2.88 bits per heavy atom. The zero-order valence-corrected chi connectivity index (χ0v) is 9.71. The number of carbonyl (C=O) groups excluding carboxylic acids is 1. The molecule has 1 unspecified atom stereocenters. The number of ether oxygens (including phenoxy) is 2. The molecule has 0 saturated carbocycles. The summed E-state index contributed by atoms with van der Waals surface area (Å²) in [6.07, 6.45) is 0. The van der Waals surface area contributed by atoms with E-state index in [9.17, 15) is 9.00 Å². The summed E-state index contributed by atoms with van der Waals surface area (Å²) in [5, 5.41) is 0. The number of hydrogen-bond acceptors (Lipinski definition) is 4. The van der Waals surface area contributed by atoms with Gasteiger partial charge in [-0.15, -0.1) is 0 Å². The molecule has 0 aromatic heterocycles. The molecule has 4 nitrogen and oxygen atoms in total. The fourth-order valence-electron chi connectivity index (χ4n) is 1.40. The van der Waals surface area contributed by atoms with E-state index in [1.807, 2.05) is 0 Å². The number of hydrogen-bond donors (Lipinski definition) is 0. The van der Waals surface area contributed by atoms with E-state index in [-0.39, 0.29) is 18.3 Å². The van der Waals surface area contributed by atoms with Crippen LogP contribution in [0.4, 0.5) is 0 Å². The summed E-state index contributed by atoms with van der Waals surface area (Å²) in [4.78, 5) is 11.7. The molecular weight excluding hydrogens is 228 g/mol. The average molecular weight is 240 g/mol. The van der Waals surface area contributed by atoms with Gasteiger partial charge >= 0.3 is 0 Å². The lowest BCUT2D eigenvalue weighted by Crippen LogP contribution is -2.11. The van der Waals surface area contributed by atoms with Gasteiger partial charge in [-0.25, -0.2) is 0 Å². The fourth-order valence-corrected chi connectivity index (χ4v) is 2.06. The van der Waals surface area contributed by atoms with Crippen LogP contribution in [0.2, 0.25) is 0 Å².